The minimum atomic E-state index is -0.138. The summed E-state index contributed by atoms with van der Waals surface area (Å²) in [6.07, 6.45) is 2.71. The van der Waals surface area contributed by atoms with Crippen molar-refractivity contribution in [2.24, 2.45) is 11.8 Å². The molecule has 3 heteroatoms. The number of fused-ring (bicyclic) bond motifs is 1. The number of rotatable bonds is 5. The van der Waals surface area contributed by atoms with Crippen molar-refractivity contribution in [3.63, 3.8) is 0 Å². The van der Waals surface area contributed by atoms with E-state index < -0.39 is 0 Å². The van der Waals surface area contributed by atoms with Gasteiger partial charge in [-0.05, 0) is 59.9 Å². The molecule has 1 aliphatic heterocycles. The number of para-hydroxylation sites is 1. The standard InChI is InChI=1S/C29H29NO2/c1-32-26-14-8-5-9-19(26)17-25(31)28-27-23(18-30-28)21-15-16-29(27,20-10-3-2-4-11-20)24-13-7-6-12-22(21)24/h2-14,21,23,27-28,30H,15-18H2,1H3. The Hall–Kier alpha value is -2.91. The van der Waals surface area contributed by atoms with Crippen molar-refractivity contribution in [2.45, 2.75) is 36.6 Å². The molecule has 0 radical (unpaired) electrons. The van der Waals surface area contributed by atoms with Crippen LogP contribution < -0.4 is 10.1 Å². The van der Waals surface area contributed by atoms with Gasteiger partial charge in [-0.2, -0.15) is 0 Å². The quantitative estimate of drug-likeness (QED) is 0.635. The number of carbonyl (C=O) groups is 1. The van der Waals surface area contributed by atoms with Gasteiger partial charge in [0.15, 0.2) is 5.78 Å². The SMILES string of the molecule is COc1ccccc1CC(=O)C1NCC2C3CCC(c4ccccc4)(c4ccccc43)C12. The highest BCUT2D eigenvalue weighted by atomic mass is 16.5. The fourth-order valence-electron chi connectivity index (χ4n) is 7.19. The first-order valence-electron chi connectivity index (χ1n) is 11.8. The molecule has 0 amide bonds. The van der Waals surface area contributed by atoms with Crippen LogP contribution >= 0.6 is 0 Å². The number of hydrogen-bond donors (Lipinski definition) is 1. The van der Waals surface area contributed by atoms with E-state index in [2.05, 4.69) is 59.9 Å². The van der Waals surface area contributed by atoms with E-state index in [0.717, 1.165) is 24.3 Å². The van der Waals surface area contributed by atoms with Crippen LogP contribution in [0.15, 0.2) is 78.9 Å². The Balaban J connectivity index is 1.45. The van der Waals surface area contributed by atoms with Crippen LogP contribution in [0.4, 0.5) is 0 Å². The van der Waals surface area contributed by atoms with Gasteiger partial charge in [-0.15, -0.1) is 0 Å². The molecule has 2 bridgehead atoms. The third-order valence-corrected chi connectivity index (χ3v) is 8.36. The minimum Gasteiger partial charge on any atom is -0.496 e. The van der Waals surface area contributed by atoms with E-state index >= 15 is 0 Å². The Labute approximate surface area is 189 Å². The van der Waals surface area contributed by atoms with Crippen molar-refractivity contribution < 1.29 is 9.53 Å². The monoisotopic (exact) mass is 423 g/mol. The maximum Gasteiger partial charge on any atom is 0.154 e. The highest BCUT2D eigenvalue weighted by molar-refractivity contribution is 5.88. The number of benzene rings is 3. The Morgan fingerprint density at radius 1 is 1.00 bits per heavy atom. The summed E-state index contributed by atoms with van der Waals surface area (Å²) in [6.45, 7) is 0.917. The molecular formula is C29H29NO2. The third-order valence-electron chi connectivity index (χ3n) is 8.36. The van der Waals surface area contributed by atoms with E-state index in [1.807, 2.05) is 24.3 Å². The summed E-state index contributed by atoms with van der Waals surface area (Å²) in [4.78, 5) is 13.8. The Kier molecular flexibility index (Phi) is 4.69. The molecule has 5 unspecified atom stereocenters. The number of methoxy groups -OCH3 is 1. The van der Waals surface area contributed by atoms with E-state index in [9.17, 15) is 4.79 Å². The van der Waals surface area contributed by atoms with Crippen molar-refractivity contribution in [1.82, 2.24) is 5.32 Å². The van der Waals surface area contributed by atoms with Gasteiger partial charge in [-0.3, -0.25) is 4.79 Å². The summed E-state index contributed by atoms with van der Waals surface area (Å²) in [5.41, 5.74) is 5.17. The summed E-state index contributed by atoms with van der Waals surface area (Å²) in [5.74, 6) is 2.38. The number of hydrogen-bond acceptors (Lipinski definition) is 3. The van der Waals surface area contributed by atoms with Gasteiger partial charge in [0.05, 0.1) is 13.2 Å². The van der Waals surface area contributed by atoms with Crippen molar-refractivity contribution >= 4 is 5.78 Å². The molecule has 162 valence electrons. The molecule has 0 aromatic heterocycles. The van der Waals surface area contributed by atoms with Crippen LogP contribution in [-0.4, -0.2) is 25.5 Å². The zero-order chi connectivity index (χ0) is 21.7. The zero-order valence-corrected chi connectivity index (χ0v) is 18.5. The second-order valence-electron chi connectivity index (χ2n) is 9.60. The first-order valence-corrected chi connectivity index (χ1v) is 11.8. The van der Waals surface area contributed by atoms with Crippen LogP contribution in [0, 0.1) is 11.8 Å². The van der Waals surface area contributed by atoms with Gasteiger partial charge >= 0.3 is 0 Å². The maximum absolute atomic E-state index is 13.8. The largest absolute Gasteiger partial charge is 0.496 e. The zero-order valence-electron chi connectivity index (χ0n) is 18.5. The highest BCUT2D eigenvalue weighted by Gasteiger charge is 2.62. The Bertz CT molecular complexity index is 1160. The minimum absolute atomic E-state index is 0.109. The molecule has 1 heterocycles. The molecule has 32 heavy (non-hydrogen) atoms. The van der Waals surface area contributed by atoms with Crippen LogP contribution in [0.3, 0.4) is 0 Å². The van der Waals surface area contributed by atoms with E-state index in [1.165, 1.54) is 23.1 Å². The van der Waals surface area contributed by atoms with Gasteiger partial charge in [0, 0.05) is 17.4 Å². The number of carbonyl (C=O) groups excluding carboxylic acids is 1. The molecule has 3 aromatic carbocycles. The molecule has 0 spiro atoms. The van der Waals surface area contributed by atoms with Gasteiger partial charge < -0.3 is 10.1 Å². The normalized spacial score (nSPS) is 29.9. The first-order chi connectivity index (χ1) is 15.7. The molecule has 3 aliphatic carbocycles. The summed E-state index contributed by atoms with van der Waals surface area (Å²) < 4.78 is 5.53. The lowest BCUT2D eigenvalue weighted by molar-refractivity contribution is -0.122. The van der Waals surface area contributed by atoms with Gasteiger partial charge in [0.25, 0.3) is 0 Å². The number of ketones is 1. The second-order valence-corrected chi connectivity index (χ2v) is 9.60. The van der Waals surface area contributed by atoms with E-state index in [-0.39, 0.29) is 23.2 Å². The predicted octanol–water partition coefficient (Wildman–Crippen LogP) is 4.89. The summed E-state index contributed by atoms with van der Waals surface area (Å²) in [5, 5.41) is 3.70. The topological polar surface area (TPSA) is 38.3 Å². The van der Waals surface area contributed by atoms with Crippen LogP contribution in [0.5, 0.6) is 5.75 Å². The highest BCUT2D eigenvalue weighted by Crippen LogP contribution is 2.63. The first kappa shape index (κ1) is 19.8. The fraction of sp³-hybridized carbons (Fsp3) is 0.345. The molecule has 4 aliphatic rings. The Morgan fingerprint density at radius 3 is 2.59 bits per heavy atom. The van der Waals surface area contributed by atoms with Gasteiger partial charge in [0.1, 0.15) is 5.75 Å². The van der Waals surface area contributed by atoms with Crippen LogP contribution in [-0.2, 0) is 16.6 Å². The van der Waals surface area contributed by atoms with Crippen molar-refractivity contribution in [3.8, 4) is 5.75 Å². The van der Waals surface area contributed by atoms with Crippen molar-refractivity contribution in [3.05, 3.63) is 101 Å². The van der Waals surface area contributed by atoms with Crippen LogP contribution in [0.1, 0.15) is 41.0 Å². The molecule has 2 fully saturated rings. The molecule has 3 aromatic rings. The fourth-order valence-corrected chi connectivity index (χ4v) is 7.19. The smallest absolute Gasteiger partial charge is 0.154 e. The molecule has 1 saturated carbocycles. The van der Waals surface area contributed by atoms with Gasteiger partial charge in [0.2, 0.25) is 0 Å². The average Bonchev–Trinajstić information content (AvgIpc) is 3.32. The van der Waals surface area contributed by atoms with Gasteiger partial charge in [-0.1, -0.05) is 72.8 Å². The molecule has 5 atom stereocenters. The maximum atomic E-state index is 13.8. The lowest BCUT2D eigenvalue weighted by Gasteiger charge is -2.56. The second kappa shape index (κ2) is 7.60. The summed E-state index contributed by atoms with van der Waals surface area (Å²) in [7, 11) is 1.68. The number of Topliss-reactive ketones (excluding diaryl/α,β-unsaturated/α-hetero) is 1. The molecule has 7 rings (SSSR count). The Morgan fingerprint density at radius 2 is 1.75 bits per heavy atom. The summed E-state index contributed by atoms with van der Waals surface area (Å²) >= 11 is 0. The molecule has 1 saturated heterocycles. The van der Waals surface area contributed by atoms with Crippen LogP contribution in [0.25, 0.3) is 0 Å². The van der Waals surface area contributed by atoms with E-state index in [1.54, 1.807) is 7.11 Å². The summed E-state index contributed by atoms with van der Waals surface area (Å²) in [6, 6.07) is 27.7. The molecule has 3 nitrogen and oxygen atoms in total. The predicted molar refractivity (Wildman–Crippen MR) is 126 cm³/mol. The van der Waals surface area contributed by atoms with E-state index in [4.69, 9.17) is 4.74 Å². The molecular weight excluding hydrogens is 394 g/mol. The van der Waals surface area contributed by atoms with E-state index in [0.29, 0.717) is 18.3 Å². The van der Waals surface area contributed by atoms with Crippen molar-refractivity contribution in [2.75, 3.05) is 13.7 Å². The van der Waals surface area contributed by atoms with Gasteiger partial charge in [-0.25, -0.2) is 0 Å². The average molecular weight is 424 g/mol. The molecule has 1 N–H and O–H groups in total. The van der Waals surface area contributed by atoms with Crippen LogP contribution in [0.2, 0.25) is 0 Å². The van der Waals surface area contributed by atoms with Crippen molar-refractivity contribution in [1.29, 1.82) is 0 Å². The lowest BCUT2D eigenvalue weighted by atomic mass is 9.46. The number of ether oxygens (including phenoxy) is 1. The lowest BCUT2D eigenvalue weighted by Crippen LogP contribution is -2.55. The third kappa shape index (κ3) is 2.74. The number of nitrogens with one attached hydrogen (secondary N) is 1.